The van der Waals surface area contributed by atoms with Gasteiger partial charge >= 0.3 is 5.97 Å². The summed E-state index contributed by atoms with van der Waals surface area (Å²) in [5.74, 6) is 0.691. The molecule has 0 spiro atoms. The van der Waals surface area contributed by atoms with Crippen molar-refractivity contribution in [1.29, 1.82) is 0 Å². The van der Waals surface area contributed by atoms with E-state index in [1.807, 2.05) is 24.3 Å². The van der Waals surface area contributed by atoms with Gasteiger partial charge in [-0.3, -0.25) is 0 Å². The number of aromatic nitrogens is 3. The van der Waals surface area contributed by atoms with Gasteiger partial charge in [0.2, 0.25) is 5.95 Å². The molecule has 0 bridgehead atoms. The van der Waals surface area contributed by atoms with Gasteiger partial charge in [-0.15, -0.1) is 5.10 Å². The molecule has 2 aliphatic rings. The lowest BCUT2D eigenvalue weighted by Crippen LogP contribution is -2.32. The molecule has 0 saturated heterocycles. The average molecular weight is 465 g/mol. The van der Waals surface area contributed by atoms with Crippen molar-refractivity contribution in [2.24, 2.45) is 0 Å². The maximum Gasteiger partial charge on any atom is 0.378 e. The molecule has 7 heteroatoms. The van der Waals surface area contributed by atoms with Crippen molar-refractivity contribution in [3.8, 4) is 5.75 Å². The molecule has 6 rings (SSSR count). The molecule has 174 valence electrons. The molecular weight excluding hydrogens is 440 g/mol. The summed E-state index contributed by atoms with van der Waals surface area (Å²) in [5.41, 5.74) is 7.26. The van der Waals surface area contributed by atoms with Gasteiger partial charge in [0.25, 0.3) is 5.82 Å². The van der Waals surface area contributed by atoms with Crippen LogP contribution in [0.25, 0.3) is 5.70 Å². The third-order valence-electron chi connectivity index (χ3n) is 6.52. The molecule has 2 aliphatic heterocycles. The summed E-state index contributed by atoms with van der Waals surface area (Å²) in [5, 5.41) is 8.03. The van der Waals surface area contributed by atoms with Gasteiger partial charge in [0, 0.05) is 11.1 Å². The number of fused-ring (bicyclic) bond motifs is 3. The van der Waals surface area contributed by atoms with E-state index < -0.39 is 5.97 Å². The predicted octanol–water partition coefficient (Wildman–Crippen LogP) is 5.24. The number of para-hydroxylation sites is 1. The minimum absolute atomic E-state index is 0.00745. The second-order valence-corrected chi connectivity index (χ2v) is 8.87. The van der Waals surface area contributed by atoms with Crippen LogP contribution < -0.4 is 10.1 Å². The maximum absolute atomic E-state index is 12.3. The zero-order valence-corrected chi connectivity index (χ0v) is 19.6. The number of rotatable bonds is 3. The number of esters is 1. The van der Waals surface area contributed by atoms with Crippen LogP contribution in [0.1, 0.15) is 50.6 Å². The Morgan fingerprint density at radius 2 is 1.60 bits per heavy atom. The van der Waals surface area contributed by atoms with Gasteiger partial charge in [-0.05, 0) is 37.1 Å². The lowest BCUT2D eigenvalue weighted by atomic mass is 9.84. The molecule has 3 heterocycles. The van der Waals surface area contributed by atoms with Gasteiger partial charge in [0.05, 0.1) is 12.8 Å². The molecule has 4 aromatic rings. The zero-order chi connectivity index (χ0) is 24.1. The molecule has 1 aromatic heterocycles. The summed E-state index contributed by atoms with van der Waals surface area (Å²) in [6, 6.07) is 24.3. The van der Waals surface area contributed by atoms with Gasteiger partial charge in [-0.25, -0.2) is 9.48 Å². The summed E-state index contributed by atoms with van der Waals surface area (Å²) >= 11 is 0. The number of hydrogen-bond acceptors (Lipinski definition) is 6. The molecule has 0 unspecified atom stereocenters. The van der Waals surface area contributed by atoms with Gasteiger partial charge in [-0.1, -0.05) is 71.8 Å². The molecule has 0 fully saturated rings. The summed E-state index contributed by atoms with van der Waals surface area (Å²) < 4.78 is 13.3. The number of anilines is 1. The highest BCUT2D eigenvalue weighted by Crippen LogP contribution is 2.50. The number of methoxy groups -OCH3 is 1. The van der Waals surface area contributed by atoms with E-state index in [-0.39, 0.29) is 18.0 Å². The Hall–Kier alpha value is -4.39. The number of aryl methyl sites for hydroxylation is 2. The van der Waals surface area contributed by atoms with Crippen molar-refractivity contribution in [2.45, 2.75) is 26.0 Å². The third kappa shape index (κ3) is 3.47. The largest absolute Gasteiger partial charge is 0.480 e. The Morgan fingerprint density at radius 1 is 0.943 bits per heavy atom. The molecule has 0 amide bonds. The van der Waals surface area contributed by atoms with E-state index in [2.05, 4.69) is 77.8 Å². The monoisotopic (exact) mass is 464 g/mol. The first kappa shape index (κ1) is 21.2. The minimum Gasteiger partial charge on any atom is -0.480 e. The predicted molar refractivity (Wildman–Crippen MR) is 132 cm³/mol. The van der Waals surface area contributed by atoms with Crippen LogP contribution >= 0.6 is 0 Å². The summed E-state index contributed by atoms with van der Waals surface area (Å²) in [6.07, 6.45) is -0.363. The van der Waals surface area contributed by atoms with Crippen LogP contribution in [0.15, 0.2) is 78.4 Å². The zero-order valence-electron chi connectivity index (χ0n) is 19.6. The molecular formula is C28H24N4O3. The number of nitrogens with one attached hydrogen (secondary N) is 1. The average Bonchev–Trinajstić information content (AvgIpc) is 3.31. The first-order valence-corrected chi connectivity index (χ1v) is 11.5. The van der Waals surface area contributed by atoms with Gasteiger partial charge in [-0.2, -0.15) is 4.98 Å². The van der Waals surface area contributed by atoms with E-state index in [1.165, 1.54) is 12.7 Å². The Labute approximate surface area is 203 Å². The van der Waals surface area contributed by atoms with Crippen LogP contribution in [0, 0.1) is 13.8 Å². The number of nitrogens with zero attached hydrogens (tertiary/aromatic N) is 3. The molecule has 2 atom stereocenters. The molecule has 0 aliphatic carbocycles. The molecule has 0 saturated carbocycles. The Kier molecular flexibility index (Phi) is 4.91. The van der Waals surface area contributed by atoms with Crippen molar-refractivity contribution in [3.05, 3.63) is 112 Å². The van der Waals surface area contributed by atoms with Crippen molar-refractivity contribution >= 4 is 17.6 Å². The quantitative estimate of drug-likeness (QED) is 0.418. The van der Waals surface area contributed by atoms with Crippen LogP contribution in [0.4, 0.5) is 5.95 Å². The van der Waals surface area contributed by atoms with Crippen LogP contribution in [0.3, 0.4) is 0 Å². The maximum atomic E-state index is 12.3. The van der Waals surface area contributed by atoms with Crippen LogP contribution in [0.2, 0.25) is 0 Å². The number of benzene rings is 3. The minimum atomic E-state index is -0.582. The van der Waals surface area contributed by atoms with Crippen LogP contribution in [0.5, 0.6) is 5.75 Å². The summed E-state index contributed by atoms with van der Waals surface area (Å²) in [4.78, 5) is 16.8. The highest BCUT2D eigenvalue weighted by atomic mass is 16.5. The first-order valence-electron chi connectivity index (χ1n) is 11.5. The summed E-state index contributed by atoms with van der Waals surface area (Å²) in [7, 11) is 1.33. The molecule has 7 nitrogen and oxygen atoms in total. The van der Waals surface area contributed by atoms with Gasteiger partial charge in [0.15, 0.2) is 0 Å². The van der Waals surface area contributed by atoms with E-state index in [0.29, 0.717) is 5.95 Å². The van der Waals surface area contributed by atoms with Crippen molar-refractivity contribution in [1.82, 2.24) is 14.8 Å². The van der Waals surface area contributed by atoms with E-state index in [4.69, 9.17) is 9.47 Å². The van der Waals surface area contributed by atoms with Gasteiger partial charge in [0.1, 0.15) is 17.9 Å². The van der Waals surface area contributed by atoms with Crippen molar-refractivity contribution in [3.63, 3.8) is 0 Å². The van der Waals surface area contributed by atoms with E-state index in [9.17, 15) is 4.79 Å². The molecule has 1 N–H and O–H groups in total. The molecule has 35 heavy (non-hydrogen) atoms. The Balaban J connectivity index is 1.62. The second-order valence-electron chi connectivity index (χ2n) is 8.87. The number of ether oxygens (including phenoxy) is 2. The topological polar surface area (TPSA) is 78.3 Å². The highest BCUT2D eigenvalue weighted by Gasteiger charge is 2.41. The van der Waals surface area contributed by atoms with Gasteiger partial charge < -0.3 is 14.8 Å². The third-order valence-corrected chi connectivity index (χ3v) is 6.52. The Morgan fingerprint density at radius 3 is 2.29 bits per heavy atom. The smallest absolute Gasteiger partial charge is 0.378 e. The molecule has 0 radical (unpaired) electrons. The second kappa shape index (κ2) is 8.13. The highest BCUT2D eigenvalue weighted by molar-refractivity contribution is 5.88. The standard InChI is InChI=1S/C28H24N4O3/c1-16-8-12-18(13-9-16)24-22-23(29-28-30-26(27(33)34-3)31-32(24)28)20-6-4-5-7-21(20)35-25(22)19-14-10-17(2)11-15-19/h4-15,24-25H,1-3H3,(H,29,30,31)/t24-,25+/m0/s1. The fourth-order valence-electron chi connectivity index (χ4n) is 4.74. The summed E-state index contributed by atoms with van der Waals surface area (Å²) in [6.45, 7) is 4.13. The number of carbonyl (C=O) groups excluding carboxylic acids is 1. The normalized spacial score (nSPS) is 18.0. The molecule has 3 aromatic carbocycles. The SMILES string of the molecule is COC(=O)c1nc2n(n1)[C@@H](c1ccc(C)cc1)C1=C(N2)c2ccccc2O[C@@H]1c1ccc(C)cc1. The fraction of sp³-hybridized carbons (Fsp3) is 0.179. The number of carbonyl (C=O) groups is 1. The van der Waals surface area contributed by atoms with Crippen LogP contribution in [-0.2, 0) is 4.74 Å². The lowest BCUT2D eigenvalue weighted by Gasteiger charge is -2.39. The van der Waals surface area contributed by atoms with Crippen LogP contribution in [-0.4, -0.2) is 27.8 Å². The lowest BCUT2D eigenvalue weighted by molar-refractivity contribution is 0.0586. The van der Waals surface area contributed by atoms with Crippen molar-refractivity contribution < 1.29 is 14.3 Å². The fourth-order valence-corrected chi connectivity index (χ4v) is 4.74. The first-order chi connectivity index (χ1) is 17.0. The van der Waals surface area contributed by atoms with E-state index >= 15 is 0 Å². The van der Waals surface area contributed by atoms with E-state index in [1.54, 1.807) is 4.68 Å². The number of hydrogen-bond donors (Lipinski definition) is 1. The Bertz CT molecular complexity index is 1470. The van der Waals surface area contributed by atoms with Crippen molar-refractivity contribution in [2.75, 3.05) is 12.4 Å². The van der Waals surface area contributed by atoms with E-state index in [0.717, 1.165) is 39.3 Å².